The van der Waals surface area contributed by atoms with Crippen LogP contribution >= 0.6 is 0 Å². The van der Waals surface area contributed by atoms with Crippen molar-refractivity contribution in [2.45, 2.75) is 38.9 Å². The second-order valence-electron chi connectivity index (χ2n) is 9.89. The van der Waals surface area contributed by atoms with Gasteiger partial charge in [-0.3, -0.25) is 14.5 Å². The van der Waals surface area contributed by atoms with Crippen LogP contribution in [-0.4, -0.2) is 77.9 Å². The first-order chi connectivity index (χ1) is 16.8. The molecule has 0 bridgehead atoms. The van der Waals surface area contributed by atoms with Gasteiger partial charge in [-0.25, -0.2) is 8.78 Å². The first-order valence-electron chi connectivity index (χ1n) is 12.4. The maximum Gasteiger partial charge on any atom is 0.254 e. The summed E-state index contributed by atoms with van der Waals surface area (Å²) in [6, 6.07) is 11.4. The highest BCUT2D eigenvalue weighted by molar-refractivity contribution is 5.98. The minimum absolute atomic E-state index is 0.0243. The molecule has 2 aromatic rings. The molecule has 2 unspecified atom stereocenters. The summed E-state index contributed by atoms with van der Waals surface area (Å²) in [7, 11) is 0. The van der Waals surface area contributed by atoms with Crippen molar-refractivity contribution in [3.8, 4) is 0 Å². The van der Waals surface area contributed by atoms with E-state index in [1.807, 2.05) is 4.90 Å². The zero-order valence-corrected chi connectivity index (χ0v) is 20.4. The van der Waals surface area contributed by atoms with E-state index in [4.69, 9.17) is 0 Å². The predicted octanol–water partition coefficient (Wildman–Crippen LogP) is 3.14. The zero-order chi connectivity index (χ0) is 24.9. The lowest BCUT2D eigenvalue weighted by Gasteiger charge is -2.32. The smallest absolute Gasteiger partial charge is 0.254 e. The van der Waals surface area contributed by atoms with E-state index in [-0.39, 0.29) is 23.7 Å². The molecule has 8 heteroatoms. The number of rotatable bonds is 7. The third kappa shape index (κ3) is 6.24. The van der Waals surface area contributed by atoms with E-state index in [2.05, 4.69) is 24.1 Å². The molecule has 2 saturated heterocycles. The van der Waals surface area contributed by atoms with Gasteiger partial charge in [-0.1, -0.05) is 26.0 Å². The first-order valence-corrected chi connectivity index (χ1v) is 12.4. The molecule has 0 saturated carbocycles. The minimum atomic E-state index is -0.571. The number of nitrogens with zero attached hydrogens (tertiary/aromatic N) is 3. The van der Waals surface area contributed by atoms with Gasteiger partial charge in [0.25, 0.3) is 5.91 Å². The fraction of sp³-hybridized carbons (Fsp3) is 0.481. The number of hydrogen-bond donors (Lipinski definition) is 1. The molecule has 2 amide bonds. The molecule has 6 nitrogen and oxygen atoms in total. The molecule has 0 aliphatic carbocycles. The van der Waals surface area contributed by atoms with Crippen LogP contribution in [0, 0.1) is 17.6 Å². The largest absolute Gasteiger partial charge is 0.338 e. The standard InChI is InChI=1S/C27H34F2N4O2/c1-19(2)16-32(17-20-3-7-22(28)8-4-20)24-15-25(27(35)31-13-11-30-12-14-31)33(18-24)26(34)21-5-9-23(29)10-6-21/h3-10,19,24-25,30H,11-18H2,1-2H3. The van der Waals surface area contributed by atoms with Crippen LogP contribution in [0.1, 0.15) is 36.2 Å². The van der Waals surface area contributed by atoms with Crippen LogP contribution in [0.5, 0.6) is 0 Å². The molecular weight excluding hydrogens is 450 g/mol. The number of nitrogens with one attached hydrogen (secondary N) is 1. The lowest BCUT2D eigenvalue weighted by atomic mass is 10.1. The van der Waals surface area contributed by atoms with E-state index in [0.29, 0.717) is 44.1 Å². The van der Waals surface area contributed by atoms with Gasteiger partial charge in [0.05, 0.1) is 0 Å². The lowest BCUT2D eigenvalue weighted by molar-refractivity contribution is -0.135. The van der Waals surface area contributed by atoms with Crippen LogP contribution < -0.4 is 5.32 Å². The quantitative estimate of drug-likeness (QED) is 0.656. The van der Waals surface area contributed by atoms with Crippen molar-refractivity contribution in [1.29, 1.82) is 0 Å². The van der Waals surface area contributed by atoms with Crippen molar-refractivity contribution in [2.24, 2.45) is 5.92 Å². The molecule has 0 aromatic heterocycles. The first kappa shape index (κ1) is 25.3. The molecule has 4 rings (SSSR count). The second kappa shape index (κ2) is 11.3. The maximum absolute atomic E-state index is 13.6. The molecule has 0 spiro atoms. The molecule has 2 aliphatic heterocycles. The Labute approximate surface area is 205 Å². The number of carbonyl (C=O) groups is 2. The van der Waals surface area contributed by atoms with Crippen molar-refractivity contribution >= 4 is 11.8 Å². The van der Waals surface area contributed by atoms with Gasteiger partial charge < -0.3 is 15.1 Å². The van der Waals surface area contributed by atoms with Gasteiger partial charge >= 0.3 is 0 Å². The van der Waals surface area contributed by atoms with Gasteiger partial charge in [-0.15, -0.1) is 0 Å². The van der Waals surface area contributed by atoms with E-state index in [1.165, 1.54) is 36.4 Å². The molecule has 188 valence electrons. The highest BCUT2D eigenvalue weighted by Gasteiger charge is 2.43. The number of piperazine rings is 1. The molecule has 2 fully saturated rings. The topological polar surface area (TPSA) is 55.9 Å². The summed E-state index contributed by atoms with van der Waals surface area (Å²) in [6.07, 6.45) is 0.531. The number of carbonyl (C=O) groups excluding carboxylic acids is 2. The van der Waals surface area contributed by atoms with E-state index >= 15 is 0 Å². The summed E-state index contributed by atoms with van der Waals surface area (Å²) in [5, 5.41) is 3.26. The third-order valence-electron chi connectivity index (χ3n) is 6.76. The van der Waals surface area contributed by atoms with Crippen molar-refractivity contribution in [3.63, 3.8) is 0 Å². The van der Waals surface area contributed by atoms with Crippen LogP contribution in [0.4, 0.5) is 8.78 Å². The minimum Gasteiger partial charge on any atom is -0.338 e. The second-order valence-corrected chi connectivity index (χ2v) is 9.89. The monoisotopic (exact) mass is 484 g/mol. The lowest BCUT2D eigenvalue weighted by Crippen LogP contribution is -2.53. The third-order valence-corrected chi connectivity index (χ3v) is 6.76. The number of halogens is 2. The van der Waals surface area contributed by atoms with Gasteiger partial charge in [0.1, 0.15) is 17.7 Å². The zero-order valence-electron chi connectivity index (χ0n) is 20.4. The van der Waals surface area contributed by atoms with Crippen molar-refractivity contribution < 1.29 is 18.4 Å². The molecule has 2 aromatic carbocycles. The average Bonchev–Trinajstić information content (AvgIpc) is 3.30. The fourth-order valence-corrected chi connectivity index (χ4v) is 5.03. The fourth-order valence-electron chi connectivity index (χ4n) is 5.03. The number of likely N-dealkylation sites (tertiary alicyclic amines) is 1. The Morgan fingerprint density at radius 2 is 1.60 bits per heavy atom. The van der Waals surface area contributed by atoms with Gasteiger partial charge in [0.15, 0.2) is 0 Å². The summed E-state index contributed by atoms with van der Waals surface area (Å²) < 4.78 is 26.9. The Balaban J connectivity index is 1.59. The van der Waals surface area contributed by atoms with E-state index in [0.717, 1.165) is 25.2 Å². The summed E-state index contributed by atoms with van der Waals surface area (Å²) in [4.78, 5) is 32.9. The summed E-state index contributed by atoms with van der Waals surface area (Å²) in [5.74, 6) is -0.595. The van der Waals surface area contributed by atoms with Crippen LogP contribution in [-0.2, 0) is 11.3 Å². The van der Waals surface area contributed by atoms with Gasteiger partial charge in [-0.2, -0.15) is 0 Å². The van der Waals surface area contributed by atoms with E-state index in [1.54, 1.807) is 17.0 Å². The number of benzene rings is 2. The Morgan fingerprint density at radius 3 is 2.20 bits per heavy atom. The van der Waals surface area contributed by atoms with Crippen LogP contribution in [0.2, 0.25) is 0 Å². The van der Waals surface area contributed by atoms with Gasteiger partial charge in [-0.05, 0) is 54.3 Å². The van der Waals surface area contributed by atoms with Crippen molar-refractivity contribution in [1.82, 2.24) is 20.0 Å². The summed E-state index contributed by atoms with van der Waals surface area (Å²) >= 11 is 0. The number of amides is 2. The SMILES string of the molecule is CC(C)CN(Cc1ccc(F)cc1)C1CC(C(=O)N2CCNCC2)N(C(=O)c2ccc(F)cc2)C1. The van der Waals surface area contributed by atoms with Crippen molar-refractivity contribution in [3.05, 3.63) is 71.3 Å². The molecule has 2 atom stereocenters. The van der Waals surface area contributed by atoms with Crippen LogP contribution in [0.25, 0.3) is 0 Å². The maximum atomic E-state index is 13.6. The van der Waals surface area contributed by atoms with E-state index in [9.17, 15) is 18.4 Å². The summed E-state index contributed by atoms with van der Waals surface area (Å²) in [6.45, 7) is 8.77. The normalized spacial score (nSPS) is 20.6. The Hall–Kier alpha value is -2.84. The Kier molecular flexibility index (Phi) is 8.13. The average molecular weight is 485 g/mol. The van der Waals surface area contributed by atoms with Crippen molar-refractivity contribution in [2.75, 3.05) is 39.3 Å². The Bertz CT molecular complexity index is 1010. The molecule has 0 radical (unpaired) electrons. The molecule has 35 heavy (non-hydrogen) atoms. The van der Waals surface area contributed by atoms with Gasteiger partial charge in [0.2, 0.25) is 5.91 Å². The molecule has 2 heterocycles. The molecule has 2 aliphatic rings. The number of hydrogen-bond acceptors (Lipinski definition) is 4. The molecule has 1 N–H and O–H groups in total. The highest BCUT2D eigenvalue weighted by atomic mass is 19.1. The summed E-state index contributed by atoms with van der Waals surface area (Å²) in [5.41, 5.74) is 1.36. The van der Waals surface area contributed by atoms with Crippen LogP contribution in [0.3, 0.4) is 0 Å². The van der Waals surface area contributed by atoms with E-state index < -0.39 is 11.9 Å². The predicted molar refractivity (Wildman–Crippen MR) is 131 cm³/mol. The highest BCUT2D eigenvalue weighted by Crippen LogP contribution is 2.28. The Morgan fingerprint density at radius 1 is 1.00 bits per heavy atom. The molecular formula is C27H34F2N4O2. The van der Waals surface area contributed by atoms with Crippen LogP contribution in [0.15, 0.2) is 48.5 Å². The van der Waals surface area contributed by atoms with Gasteiger partial charge in [0, 0.05) is 57.4 Å².